The Morgan fingerprint density at radius 1 is 1.00 bits per heavy atom. The fraction of sp³-hybridized carbons (Fsp3) is 0.296. The first-order valence-electron chi connectivity index (χ1n) is 10.9. The smallest absolute Gasteiger partial charge is 0.141 e. The highest BCUT2D eigenvalue weighted by molar-refractivity contribution is 9.10. The highest BCUT2D eigenvalue weighted by Crippen LogP contribution is 2.31. The summed E-state index contributed by atoms with van der Waals surface area (Å²) in [5.74, 6) is 1.84. The number of imidazole rings is 1. The maximum absolute atomic E-state index is 6.22. The van der Waals surface area contributed by atoms with Crippen LogP contribution in [0.5, 0.6) is 5.75 Å². The second-order valence-electron chi connectivity index (χ2n) is 8.83. The van der Waals surface area contributed by atoms with E-state index < -0.39 is 0 Å². The summed E-state index contributed by atoms with van der Waals surface area (Å²) in [5, 5.41) is 0. The Kier molecular flexibility index (Phi) is 6.68. The van der Waals surface area contributed by atoms with E-state index >= 15 is 0 Å². The van der Waals surface area contributed by atoms with E-state index in [1.165, 1.54) is 16.7 Å². The Morgan fingerprint density at radius 3 is 2.41 bits per heavy atom. The van der Waals surface area contributed by atoms with Crippen LogP contribution in [0.4, 0.5) is 0 Å². The van der Waals surface area contributed by atoms with Crippen LogP contribution >= 0.6 is 15.9 Å². The molecule has 5 heteroatoms. The second-order valence-corrected chi connectivity index (χ2v) is 9.68. The number of ether oxygens (including phenoxy) is 1. The van der Waals surface area contributed by atoms with Crippen molar-refractivity contribution in [3.63, 3.8) is 0 Å². The van der Waals surface area contributed by atoms with Crippen molar-refractivity contribution in [3.05, 3.63) is 81.8 Å². The van der Waals surface area contributed by atoms with Gasteiger partial charge >= 0.3 is 0 Å². The van der Waals surface area contributed by atoms with E-state index in [0.29, 0.717) is 0 Å². The van der Waals surface area contributed by atoms with E-state index in [1.54, 1.807) is 0 Å². The van der Waals surface area contributed by atoms with Crippen molar-refractivity contribution in [2.45, 2.75) is 33.4 Å². The summed E-state index contributed by atoms with van der Waals surface area (Å²) < 4.78 is 9.62. The maximum atomic E-state index is 6.22. The lowest BCUT2D eigenvalue weighted by Gasteiger charge is -2.19. The molecule has 1 unspecified atom stereocenters. The molecule has 4 aromatic rings. The van der Waals surface area contributed by atoms with Crippen LogP contribution in [0.1, 0.15) is 23.6 Å². The van der Waals surface area contributed by atoms with E-state index in [-0.39, 0.29) is 6.10 Å². The van der Waals surface area contributed by atoms with Crippen LogP contribution in [0.2, 0.25) is 0 Å². The molecule has 0 saturated heterocycles. The summed E-state index contributed by atoms with van der Waals surface area (Å²) in [4.78, 5) is 7.18. The van der Waals surface area contributed by atoms with Gasteiger partial charge < -0.3 is 14.2 Å². The third-order valence-electron chi connectivity index (χ3n) is 5.45. The number of fused-ring (bicyclic) bond motifs is 1. The van der Waals surface area contributed by atoms with Crippen molar-refractivity contribution >= 4 is 27.0 Å². The largest absolute Gasteiger partial charge is 0.489 e. The summed E-state index contributed by atoms with van der Waals surface area (Å²) >= 11 is 3.72. The van der Waals surface area contributed by atoms with Crippen molar-refractivity contribution in [1.29, 1.82) is 0 Å². The predicted molar refractivity (Wildman–Crippen MR) is 137 cm³/mol. The number of nitrogens with zero attached hydrogens (tertiary/aromatic N) is 3. The molecule has 4 rings (SSSR count). The number of hydrogen-bond donors (Lipinski definition) is 0. The minimum absolute atomic E-state index is 0.0981. The summed E-state index contributed by atoms with van der Waals surface area (Å²) in [7, 11) is 4.12. The molecule has 0 spiro atoms. The van der Waals surface area contributed by atoms with Crippen LogP contribution < -0.4 is 4.74 Å². The van der Waals surface area contributed by atoms with Crippen molar-refractivity contribution < 1.29 is 4.74 Å². The molecule has 0 N–H and O–H groups in total. The van der Waals surface area contributed by atoms with Gasteiger partial charge in [-0.25, -0.2) is 4.98 Å². The number of hydrogen-bond acceptors (Lipinski definition) is 3. The lowest BCUT2D eigenvalue weighted by atomic mass is 10.1. The molecule has 3 aromatic carbocycles. The standard InChI is InChI=1S/C27H30BrN3O/c1-18-12-19(2)14-22(13-18)27-29-25-11-10-23(32-20(3)16-30(4)5)15-26(25)31(27)17-21-8-6-7-9-24(21)28/h6-15,20H,16-17H2,1-5H3. The molecule has 1 aromatic heterocycles. The van der Waals surface area contributed by atoms with Crippen LogP contribution in [0.25, 0.3) is 22.4 Å². The number of halogens is 1. The fourth-order valence-electron chi connectivity index (χ4n) is 4.24. The SMILES string of the molecule is Cc1cc(C)cc(-c2nc3ccc(OC(C)CN(C)C)cc3n2Cc2ccccc2Br)c1. The van der Waals surface area contributed by atoms with E-state index in [1.807, 2.05) is 12.1 Å². The number of rotatable bonds is 7. The Hall–Kier alpha value is -2.63. The normalized spacial score (nSPS) is 12.5. The number of benzene rings is 3. The lowest BCUT2D eigenvalue weighted by Crippen LogP contribution is -2.27. The van der Waals surface area contributed by atoms with Gasteiger partial charge in [0.1, 0.15) is 17.7 Å². The Morgan fingerprint density at radius 2 is 1.72 bits per heavy atom. The van der Waals surface area contributed by atoms with E-state index in [0.717, 1.165) is 45.7 Å². The number of aromatic nitrogens is 2. The predicted octanol–water partition coefficient (Wildman–Crippen LogP) is 6.46. The van der Waals surface area contributed by atoms with Gasteiger partial charge in [-0.2, -0.15) is 0 Å². The van der Waals surface area contributed by atoms with Crippen molar-refractivity contribution in [2.24, 2.45) is 0 Å². The molecule has 0 bridgehead atoms. The molecule has 0 aliphatic rings. The topological polar surface area (TPSA) is 30.3 Å². The first kappa shape index (κ1) is 22.6. The summed E-state index contributed by atoms with van der Waals surface area (Å²) in [6, 6.07) is 21.2. The zero-order valence-corrected chi connectivity index (χ0v) is 21.0. The summed E-state index contributed by atoms with van der Waals surface area (Å²) in [6.45, 7) is 7.95. The first-order valence-corrected chi connectivity index (χ1v) is 11.7. The summed E-state index contributed by atoms with van der Waals surface area (Å²) in [5.41, 5.74) is 6.87. The van der Waals surface area contributed by atoms with Crippen LogP contribution in [0, 0.1) is 13.8 Å². The zero-order valence-electron chi connectivity index (χ0n) is 19.4. The summed E-state index contributed by atoms with van der Waals surface area (Å²) in [6.07, 6.45) is 0.0981. The van der Waals surface area contributed by atoms with Gasteiger partial charge in [0, 0.05) is 22.6 Å². The molecule has 0 aliphatic heterocycles. The minimum Gasteiger partial charge on any atom is -0.489 e. The monoisotopic (exact) mass is 491 g/mol. The Balaban J connectivity index is 1.83. The lowest BCUT2D eigenvalue weighted by molar-refractivity contribution is 0.177. The average Bonchev–Trinajstić information content (AvgIpc) is 3.06. The van der Waals surface area contributed by atoms with Gasteiger partial charge in [-0.3, -0.25) is 0 Å². The molecule has 1 heterocycles. The Labute approximate surface area is 199 Å². The van der Waals surface area contributed by atoms with Crippen molar-refractivity contribution in [3.8, 4) is 17.1 Å². The molecule has 0 radical (unpaired) electrons. The van der Waals surface area contributed by atoms with Gasteiger partial charge in [0.15, 0.2) is 0 Å². The van der Waals surface area contributed by atoms with E-state index in [9.17, 15) is 0 Å². The van der Waals surface area contributed by atoms with Crippen LogP contribution in [0.15, 0.2) is 65.1 Å². The molecule has 32 heavy (non-hydrogen) atoms. The average molecular weight is 492 g/mol. The van der Waals surface area contributed by atoms with Crippen LogP contribution in [-0.2, 0) is 6.54 Å². The van der Waals surface area contributed by atoms with Gasteiger partial charge in [0.2, 0.25) is 0 Å². The van der Waals surface area contributed by atoms with Crippen LogP contribution in [0.3, 0.4) is 0 Å². The van der Waals surface area contributed by atoms with Crippen molar-refractivity contribution in [2.75, 3.05) is 20.6 Å². The Bertz CT molecular complexity index is 1220. The molecule has 166 valence electrons. The highest BCUT2D eigenvalue weighted by Gasteiger charge is 2.16. The van der Waals surface area contributed by atoms with Crippen LogP contribution in [-0.4, -0.2) is 41.2 Å². The first-order chi connectivity index (χ1) is 15.3. The van der Waals surface area contributed by atoms with Gasteiger partial charge in [-0.05, 0) is 70.8 Å². The molecular formula is C27H30BrN3O. The molecule has 0 amide bonds. The maximum Gasteiger partial charge on any atom is 0.141 e. The number of likely N-dealkylation sites (N-methyl/N-ethyl adjacent to an activating group) is 1. The molecular weight excluding hydrogens is 462 g/mol. The van der Waals surface area contributed by atoms with Gasteiger partial charge in [-0.15, -0.1) is 0 Å². The van der Waals surface area contributed by atoms with Gasteiger partial charge in [-0.1, -0.05) is 51.3 Å². The highest BCUT2D eigenvalue weighted by atomic mass is 79.9. The quantitative estimate of drug-likeness (QED) is 0.297. The second kappa shape index (κ2) is 9.47. The molecule has 0 saturated carbocycles. The zero-order chi connectivity index (χ0) is 22.8. The molecule has 1 atom stereocenters. The van der Waals surface area contributed by atoms with E-state index in [4.69, 9.17) is 9.72 Å². The molecule has 0 aliphatic carbocycles. The molecule has 0 fully saturated rings. The fourth-order valence-corrected chi connectivity index (χ4v) is 4.65. The van der Waals surface area contributed by atoms with Gasteiger partial charge in [0.05, 0.1) is 17.6 Å². The number of aryl methyl sites for hydroxylation is 2. The third kappa shape index (κ3) is 5.05. The third-order valence-corrected chi connectivity index (χ3v) is 6.22. The van der Waals surface area contributed by atoms with E-state index in [2.05, 4.69) is 109 Å². The van der Waals surface area contributed by atoms with Gasteiger partial charge in [0.25, 0.3) is 0 Å². The minimum atomic E-state index is 0.0981. The van der Waals surface area contributed by atoms with Crippen molar-refractivity contribution in [1.82, 2.24) is 14.5 Å². The molecule has 4 nitrogen and oxygen atoms in total.